The lowest BCUT2D eigenvalue weighted by molar-refractivity contribution is 0.0941. The first-order valence-corrected chi connectivity index (χ1v) is 8.08. The van der Waals surface area contributed by atoms with Gasteiger partial charge < -0.3 is 15.0 Å². The number of hydrogen-bond donors (Lipinski definition) is 1. The summed E-state index contributed by atoms with van der Waals surface area (Å²) in [6.45, 7) is 4.55. The molecule has 4 heteroatoms. The fourth-order valence-corrected chi connectivity index (χ4v) is 2.71. The van der Waals surface area contributed by atoms with Crippen molar-refractivity contribution >= 4 is 5.91 Å². The Morgan fingerprint density at radius 1 is 1.12 bits per heavy atom. The standard InChI is InChI=1S/C20H26N2O2/c1-14-7-6-8-18(15(14)2)20(23)21-13-19(22(3)4)16-9-11-17(24-5)12-10-16/h6-12,19H,13H2,1-5H3,(H,21,23). The van der Waals surface area contributed by atoms with Crippen molar-refractivity contribution in [2.45, 2.75) is 19.9 Å². The van der Waals surface area contributed by atoms with Crippen LogP contribution in [0.15, 0.2) is 42.5 Å². The van der Waals surface area contributed by atoms with Crippen LogP contribution in [0.1, 0.15) is 33.1 Å². The Hall–Kier alpha value is -2.33. The molecule has 1 unspecified atom stereocenters. The molecule has 0 heterocycles. The molecule has 128 valence electrons. The first-order valence-electron chi connectivity index (χ1n) is 8.08. The van der Waals surface area contributed by atoms with Crippen molar-refractivity contribution in [3.8, 4) is 5.75 Å². The lowest BCUT2D eigenvalue weighted by Crippen LogP contribution is -2.34. The normalized spacial score (nSPS) is 12.1. The second kappa shape index (κ2) is 7.97. The maximum Gasteiger partial charge on any atom is 0.251 e. The minimum atomic E-state index is -0.0310. The van der Waals surface area contributed by atoms with Crippen LogP contribution in [0.4, 0.5) is 0 Å². The largest absolute Gasteiger partial charge is 0.497 e. The number of carbonyl (C=O) groups is 1. The van der Waals surface area contributed by atoms with Gasteiger partial charge in [-0.25, -0.2) is 0 Å². The molecule has 24 heavy (non-hydrogen) atoms. The lowest BCUT2D eigenvalue weighted by atomic mass is 10.0. The second-order valence-electron chi connectivity index (χ2n) is 6.21. The van der Waals surface area contributed by atoms with E-state index in [9.17, 15) is 4.79 Å². The van der Waals surface area contributed by atoms with Gasteiger partial charge in [0, 0.05) is 12.1 Å². The third-order valence-corrected chi connectivity index (χ3v) is 4.43. The van der Waals surface area contributed by atoms with Crippen LogP contribution in [0.5, 0.6) is 5.75 Å². The fraction of sp³-hybridized carbons (Fsp3) is 0.350. The Labute approximate surface area is 144 Å². The third kappa shape index (κ3) is 4.15. The summed E-state index contributed by atoms with van der Waals surface area (Å²) < 4.78 is 5.21. The Kier molecular flexibility index (Phi) is 5.99. The van der Waals surface area contributed by atoms with Crippen molar-refractivity contribution in [3.63, 3.8) is 0 Å². The van der Waals surface area contributed by atoms with E-state index in [1.54, 1.807) is 7.11 Å². The van der Waals surface area contributed by atoms with E-state index >= 15 is 0 Å². The number of aryl methyl sites for hydroxylation is 1. The minimum absolute atomic E-state index is 0.0310. The number of methoxy groups -OCH3 is 1. The highest BCUT2D eigenvalue weighted by atomic mass is 16.5. The summed E-state index contributed by atoms with van der Waals surface area (Å²) in [5.41, 5.74) is 4.03. The maximum atomic E-state index is 12.5. The number of amides is 1. The van der Waals surface area contributed by atoms with Gasteiger partial charge in [0.05, 0.1) is 13.2 Å². The number of ether oxygens (including phenoxy) is 1. The highest BCUT2D eigenvalue weighted by Crippen LogP contribution is 2.21. The van der Waals surface area contributed by atoms with Crippen LogP contribution in [0, 0.1) is 13.8 Å². The molecule has 0 spiro atoms. The molecule has 4 nitrogen and oxygen atoms in total. The number of likely N-dealkylation sites (N-methyl/N-ethyl adjacent to an activating group) is 1. The Morgan fingerprint density at radius 2 is 1.79 bits per heavy atom. The van der Waals surface area contributed by atoms with Gasteiger partial charge in [0.2, 0.25) is 0 Å². The van der Waals surface area contributed by atoms with Crippen LogP contribution in [0.25, 0.3) is 0 Å². The summed E-state index contributed by atoms with van der Waals surface area (Å²) in [4.78, 5) is 14.6. The van der Waals surface area contributed by atoms with Gasteiger partial charge in [-0.2, -0.15) is 0 Å². The molecule has 1 amide bonds. The summed E-state index contributed by atoms with van der Waals surface area (Å²) in [7, 11) is 5.68. The van der Waals surface area contributed by atoms with Crippen LogP contribution in [0.3, 0.4) is 0 Å². The average Bonchev–Trinajstić information content (AvgIpc) is 2.57. The molecule has 0 aliphatic carbocycles. The molecule has 0 radical (unpaired) electrons. The zero-order chi connectivity index (χ0) is 17.7. The van der Waals surface area contributed by atoms with Crippen LogP contribution in [0.2, 0.25) is 0 Å². The van der Waals surface area contributed by atoms with Crippen molar-refractivity contribution in [2.24, 2.45) is 0 Å². The molecule has 0 bridgehead atoms. The highest BCUT2D eigenvalue weighted by Gasteiger charge is 2.17. The SMILES string of the molecule is COc1ccc(C(CNC(=O)c2cccc(C)c2C)N(C)C)cc1. The fourth-order valence-electron chi connectivity index (χ4n) is 2.71. The van der Waals surface area contributed by atoms with Gasteiger partial charge in [0.15, 0.2) is 0 Å². The van der Waals surface area contributed by atoms with E-state index in [4.69, 9.17) is 4.74 Å². The molecule has 0 fully saturated rings. The molecular formula is C20H26N2O2. The molecule has 2 aromatic carbocycles. The van der Waals surface area contributed by atoms with Crippen LogP contribution in [-0.4, -0.2) is 38.6 Å². The quantitative estimate of drug-likeness (QED) is 0.885. The minimum Gasteiger partial charge on any atom is -0.497 e. The zero-order valence-corrected chi connectivity index (χ0v) is 15.1. The van der Waals surface area contributed by atoms with E-state index in [0.29, 0.717) is 6.54 Å². The molecule has 0 aliphatic rings. The lowest BCUT2D eigenvalue weighted by Gasteiger charge is -2.25. The Bertz CT molecular complexity index is 693. The summed E-state index contributed by atoms with van der Waals surface area (Å²) in [6, 6.07) is 13.9. The molecule has 1 atom stereocenters. The van der Waals surface area contributed by atoms with Crippen molar-refractivity contribution in [1.82, 2.24) is 10.2 Å². The molecule has 0 saturated carbocycles. The van der Waals surface area contributed by atoms with Gasteiger partial charge in [0.1, 0.15) is 5.75 Å². The van der Waals surface area contributed by atoms with Gasteiger partial charge in [-0.3, -0.25) is 4.79 Å². The van der Waals surface area contributed by atoms with E-state index in [1.807, 2.05) is 70.4 Å². The Balaban J connectivity index is 2.11. The number of benzene rings is 2. The van der Waals surface area contributed by atoms with E-state index in [0.717, 1.165) is 28.0 Å². The van der Waals surface area contributed by atoms with Crippen molar-refractivity contribution < 1.29 is 9.53 Å². The average molecular weight is 326 g/mol. The zero-order valence-electron chi connectivity index (χ0n) is 15.1. The van der Waals surface area contributed by atoms with E-state index in [1.165, 1.54) is 0 Å². The number of carbonyl (C=O) groups excluding carboxylic acids is 1. The van der Waals surface area contributed by atoms with Crippen LogP contribution in [-0.2, 0) is 0 Å². The van der Waals surface area contributed by atoms with Gasteiger partial charge in [-0.15, -0.1) is 0 Å². The van der Waals surface area contributed by atoms with E-state index in [-0.39, 0.29) is 11.9 Å². The van der Waals surface area contributed by atoms with Gasteiger partial charge in [-0.05, 0) is 62.8 Å². The van der Waals surface area contributed by atoms with Crippen LogP contribution >= 0.6 is 0 Å². The van der Waals surface area contributed by atoms with E-state index < -0.39 is 0 Å². The molecule has 0 aliphatic heterocycles. The molecular weight excluding hydrogens is 300 g/mol. The number of nitrogens with zero attached hydrogens (tertiary/aromatic N) is 1. The smallest absolute Gasteiger partial charge is 0.251 e. The summed E-state index contributed by atoms with van der Waals surface area (Å²) in [5, 5.41) is 3.06. The first-order chi connectivity index (χ1) is 11.4. The third-order valence-electron chi connectivity index (χ3n) is 4.43. The predicted octanol–water partition coefficient (Wildman–Crippen LogP) is 3.34. The summed E-state index contributed by atoms with van der Waals surface area (Å²) in [5.74, 6) is 0.798. The van der Waals surface area contributed by atoms with Crippen LogP contribution < -0.4 is 10.1 Å². The van der Waals surface area contributed by atoms with Crippen molar-refractivity contribution in [2.75, 3.05) is 27.7 Å². The summed E-state index contributed by atoms with van der Waals surface area (Å²) in [6.07, 6.45) is 0. The second-order valence-corrected chi connectivity index (χ2v) is 6.21. The topological polar surface area (TPSA) is 41.6 Å². The highest BCUT2D eigenvalue weighted by molar-refractivity contribution is 5.95. The van der Waals surface area contributed by atoms with E-state index in [2.05, 4.69) is 10.2 Å². The molecule has 0 aromatic heterocycles. The van der Waals surface area contributed by atoms with Gasteiger partial charge in [0.25, 0.3) is 5.91 Å². The molecule has 1 N–H and O–H groups in total. The predicted molar refractivity (Wildman–Crippen MR) is 97.7 cm³/mol. The molecule has 2 rings (SSSR count). The maximum absolute atomic E-state index is 12.5. The summed E-state index contributed by atoms with van der Waals surface area (Å²) >= 11 is 0. The number of rotatable bonds is 6. The monoisotopic (exact) mass is 326 g/mol. The molecule has 2 aromatic rings. The van der Waals surface area contributed by atoms with Gasteiger partial charge >= 0.3 is 0 Å². The Morgan fingerprint density at radius 3 is 2.38 bits per heavy atom. The number of hydrogen-bond acceptors (Lipinski definition) is 3. The van der Waals surface area contributed by atoms with Gasteiger partial charge in [-0.1, -0.05) is 24.3 Å². The number of nitrogens with one attached hydrogen (secondary N) is 1. The molecule has 0 saturated heterocycles. The van der Waals surface area contributed by atoms with Crippen molar-refractivity contribution in [1.29, 1.82) is 0 Å². The van der Waals surface area contributed by atoms with Crippen molar-refractivity contribution in [3.05, 3.63) is 64.7 Å². The first kappa shape index (κ1) is 18.0.